The third-order valence-electron chi connectivity index (χ3n) is 2.34. The van der Waals surface area contributed by atoms with E-state index in [2.05, 4.69) is 15.6 Å². The number of hydrogen-bond donors (Lipinski definition) is 3. The summed E-state index contributed by atoms with van der Waals surface area (Å²) in [6.45, 7) is 3.61. The molecule has 5 heteroatoms. The third-order valence-corrected chi connectivity index (χ3v) is 2.34. The molecule has 0 amide bonds. The molecule has 5 nitrogen and oxygen atoms in total. The molecule has 0 aliphatic rings. The Morgan fingerprint density at radius 3 is 2.82 bits per heavy atom. The van der Waals surface area contributed by atoms with Crippen LogP contribution < -0.4 is 10.6 Å². The second-order valence-electron chi connectivity index (χ2n) is 3.80. The molecule has 0 bridgehead atoms. The first-order valence-electron chi connectivity index (χ1n) is 5.85. The molecule has 1 aromatic rings. The van der Waals surface area contributed by atoms with Gasteiger partial charge >= 0.3 is 0 Å². The summed E-state index contributed by atoms with van der Waals surface area (Å²) >= 11 is 0. The largest absolute Gasteiger partial charge is 0.396 e. The van der Waals surface area contributed by atoms with Gasteiger partial charge in [0.05, 0.1) is 36.4 Å². The zero-order chi connectivity index (χ0) is 12.5. The number of nitrogens with one attached hydrogen (secondary N) is 2. The summed E-state index contributed by atoms with van der Waals surface area (Å²) in [6.07, 6.45) is 4.20. The van der Waals surface area contributed by atoms with E-state index in [1.807, 2.05) is 13.0 Å². The maximum Gasteiger partial charge on any atom is 0.0664 e. The number of nitrogens with zero attached hydrogens (tertiary/aromatic N) is 1. The molecular weight excluding hydrogens is 218 g/mol. The van der Waals surface area contributed by atoms with E-state index in [0.29, 0.717) is 13.0 Å². The van der Waals surface area contributed by atoms with Crippen LogP contribution in [0, 0.1) is 0 Å². The molecule has 0 saturated heterocycles. The lowest BCUT2D eigenvalue weighted by molar-refractivity contribution is 0.170. The first kappa shape index (κ1) is 13.7. The zero-order valence-electron chi connectivity index (χ0n) is 10.4. The minimum absolute atomic E-state index is 0.101. The number of anilines is 2. The Hall–Kier alpha value is -1.33. The molecule has 0 radical (unpaired) electrons. The highest BCUT2D eigenvalue weighted by Crippen LogP contribution is 2.14. The summed E-state index contributed by atoms with van der Waals surface area (Å²) in [7, 11) is 1.65. The van der Waals surface area contributed by atoms with Gasteiger partial charge in [-0.15, -0.1) is 0 Å². The van der Waals surface area contributed by atoms with Crippen molar-refractivity contribution in [3.63, 3.8) is 0 Å². The van der Waals surface area contributed by atoms with E-state index in [9.17, 15) is 0 Å². The smallest absolute Gasteiger partial charge is 0.0664 e. The lowest BCUT2D eigenvalue weighted by Gasteiger charge is -2.18. The maximum atomic E-state index is 8.96. The van der Waals surface area contributed by atoms with Gasteiger partial charge in [-0.2, -0.15) is 0 Å². The van der Waals surface area contributed by atoms with E-state index in [1.165, 1.54) is 0 Å². The standard InChI is InChI=1S/C12H21N3O2/c1-3-14-11-6-12(8-13-7-11)15-10(4-5-16)9-17-2/h6-8,10,14-16H,3-5,9H2,1-2H3. The highest BCUT2D eigenvalue weighted by Gasteiger charge is 2.07. The van der Waals surface area contributed by atoms with Gasteiger partial charge < -0.3 is 20.5 Å². The molecular formula is C12H21N3O2. The number of pyridine rings is 1. The molecule has 0 fully saturated rings. The molecule has 17 heavy (non-hydrogen) atoms. The van der Waals surface area contributed by atoms with Crippen molar-refractivity contribution in [1.29, 1.82) is 0 Å². The first-order chi connectivity index (χ1) is 8.30. The fourth-order valence-corrected chi connectivity index (χ4v) is 1.61. The minimum Gasteiger partial charge on any atom is -0.396 e. The number of hydrogen-bond acceptors (Lipinski definition) is 5. The van der Waals surface area contributed by atoms with Crippen molar-refractivity contribution in [2.45, 2.75) is 19.4 Å². The number of methoxy groups -OCH3 is 1. The SMILES string of the molecule is CCNc1cncc(NC(CCO)COC)c1. The molecule has 3 N–H and O–H groups in total. The van der Waals surface area contributed by atoms with Gasteiger partial charge in [-0.3, -0.25) is 4.98 Å². The normalized spacial score (nSPS) is 12.2. The van der Waals surface area contributed by atoms with Crippen LogP contribution in [0.4, 0.5) is 11.4 Å². The maximum absolute atomic E-state index is 8.96. The summed E-state index contributed by atoms with van der Waals surface area (Å²) in [5.41, 5.74) is 1.91. The number of ether oxygens (including phenoxy) is 1. The van der Waals surface area contributed by atoms with E-state index in [0.717, 1.165) is 17.9 Å². The number of aliphatic hydroxyl groups excluding tert-OH is 1. The Balaban J connectivity index is 2.60. The zero-order valence-corrected chi connectivity index (χ0v) is 10.4. The van der Waals surface area contributed by atoms with Crippen LogP contribution >= 0.6 is 0 Å². The molecule has 0 aromatic carbocycles. The van der Waals surface area contributed by atoms with Gasteiger partial charge in [-0.05, 0) is 19.4 Å². The molecule has 1 atom stereocenters. The molecule has 0 aliphatic heterocycles. The van der Waals surface area contributed by atoms with Gasteiger partial charge in [0.25, 0.3) is 0 Å². The van der Waals surface area contributed by atoms with Gasteiger partial charge in [0, 0.05) is 20.3 Å². The number of aliphatic hydroxyl groups is 1. The summed E-state index contributed by atoms with van der Waals surface area (Å²) in [6, 6.07) is 2.10. The fourth-order valence-electron chi connectivity index (χ4n) is 1.61. The fraction of sp³-hybridized carbons (Fsp3) is 0.583. The molecule has 96 valence electrons. The summed E-state index contributed by atoms with van der Waals surface area (Å²) in [4.78, 5) is 4.15. The second-order valence-corrected chi connectivity index (χ2v) is 3.80. The number of aromatic nitrogens is 1. The van der Waals surface area contributed by atoms with Gasteiger partial charge in [0.1, 0.15) is 0 Å². The Kier molecular flexibility index (Phi) is 6.35. The Labute approximate surface area is 102 Å². The van der Waals surface area contributed by atoms with Crippen LogP contribution in [-0.4, -0.2) is 43.0 Å². The first-order valence-corrected chi connectivity index (χ1v) is 5.85. The van der Waals surface area contributed by atoms with Crippen molar-refractivity contribution in [2.24, 2.45) is 0 Å². The van der Waals surface area contributed by atoms with Crippen LogP contribution in [0.5, 0.6) is 0 Å². The molecule has 0 spiro atoms. The minimum atomic E-state index is 0.101. The van der Waals surface area contributed by atoms with Crippen LogP contribution in [0.2, 0.25) is 0 Å². The predicted molar refractivity (Wildman–Crippen MR) is 69.4 cm³/mol. The lowest BCUT2D eigenvalue weighted by Crippen LogP contribution is -2.26. The van der Waals surface area contributed by atoms with Gasteiger partial charge in [0.15, 0.2) is 0 Å². The average Bonchev–Trinajstić information content (AvgIpc) is 2.30. The quantitative estimate of drug-likeness (QED) is 0.638. The van der Waals surface area contributed by atoms with Crippen molar-refractivity contribution in [3.8, 4) is 0 Å². The average molecular weight is 239 g/mol. The molecule has 1 rings (SSSR count). The molecule has 0 saturated carbocycles. The summed E-state index contributed by atoms with van der Waals surface area (Å²) in [5.74, 6) is 0. The number of rotatable bonds is 8. The van der Waals surface area contributed by atoms with Crippen molar-refractivity contribution >= 4 is 11.4 Å². The topological polar surface area (TPSA) is 66.4 Å². The summed E-state index contributed by atoms with van der Waals surface area (Å²) in [5, 5.41) is 15.5. The van der Waals surface area contributed by atoms with E-state index in [4.69, 9.17) is 9.84 Å². The van der Waals surface area contributed by atoms with Gasteiger partial charge in [0.2, 0.25) is 0 Å². The van der Waals surface area contributed by atoms with E-state index in [-0.39, 0.29) is 12.6 Å². The van der Waals surface area contributed by atoms with E-state index >= 15 is 0 Å². The van der Waals surface area contributed by atoms with Crippen molar-refractivity contribution < 1.29 is 9.84 Å². The lowest BCUT2D eigenvalue weighted by atomic mass is 10.2. The molecule has 1 unspecified atom stereocenters. The molecule has 1 aromatic heterocycles. The van der Waals surface area contributed by atoms with Crippen LogP contribution in [0.15, 0.2) is 18.5 Å². The van der Waals surface area contributed by atoms with E-state index < -0.39 is 0 Å². The van der Waals surface area contributed by atoms with Gasteiger partial charge in [-0.25, -0.2) is 0 Å². The van der Waals surface area contributed by atoms with Crippen molar-refractivity contribution in [3.05, 3.63) is 18.5 Å². The van der Waals surface area contributed by atoms with E-state index in [1.54, 1.807) is 19.5 Å². The monoisotopic (exact) mass is 239 g/mol. The van der Waals surface area contributed by atoms with Gasteiger partial charge in [-0.1, -0.05) is 0 Å². The van der Waals surface area contributed by atoms with Crippen LogP contribution in [0.1, 0.15) is 13.3 Å². The Morgan fingerprint density at radius 1 is 1.41 bits per heavy atom. The highest BCUT2D eigenvalue weighted by atomic mass is 16.5. The highest BCUT2D eigenvalue weighted by molar-refractivity contribution is 5.54. The predicted octanol–water partition coefficient (Wildman–Crippen LogP) is 1.32. The van der Waals surface area contributed by atoms with Crippen molar-refractivity contribution in [2.75, 3.05) is 37.5 Å². The Morgan fingerprint density at radius 2 is 2.18 bits per heavy atom. The summed E-state index contributed by atoms with van der Waals surface area (Å²) < 4.78 is 5.10. The third kappa shape index (κ3) is 5.01. The second kappa shape index (κ2) is 7.86. The molecule has 0 aliphatic carbocycles. The van der Waals surface area contributed by atoms with Crippen molar-refractivity contribution in [1.82, 2.24) is 4.98 Å². The van der Waals surface area contributed by atoms with Crippen LogP contribution in [-0.2, 0) is 4.74 Å². The van der Waals surface area contributed by atoms with Crippen LogP contribution in [0.3, 0.4) is 0 Å². The Bertz CT molecular complexity index is 314. The molecule has 1 heterocycles. The van der Waals surface area contributed by atoms with Crippen LogP contribution in [0.25, 0.3) is 0 Å².